The van der Waals surface area contributed by atoms with Gasteiger partial charge >= 0.3 is 5.97 Å². The topological polar surface area (TPSA) is 44.1 Å². The highest BCUT2D eigenvalue weighted by Gasteiger charge is 2.19. The molecule has 3 aromatic carbocycles. The number of rotatable bonds is 4. The first kappa shape index (κ1) is 18.0. The Bertz CT molecular complexity index is 1140. The molecular weight excluding hydrogens is 372 g/mol. The Morgan fingerprint density at radius 1 is 0.929 bits per heavy atom. The summed E-state index contributed by atoms with van der Waals surface area (Å²) in [4.78, 5) is 12.8. The summed E-state index contributed by atoms with van der Waals surface area (Å²) in [5, 5.41) is 5.15. The van der Waals surface area contributed by atoms with Crippen LogP contribution in [-0.4, -0.2) is 15.7 Å². The molecule has 5 heteroatoms. The molecule has 0 saturated heterocycles. The minimum absolute atomic E-state index is 0.306. The van der Waals surface area contributed by atoms with E-state index in [0.717, 1.165) is 11.1 Å². The van der Waals surface area contributed by atoms with E-state index in [0.29, 0.717) is 27.8 Å². The number of carbonyl (C=O) groups excluding carboxylic acids is 1. The average molecular weight is 389 g/mol. The van der Waals surface area contributed by atoms with Crippen molar-refractivity contribution in [2.24, 2.45) is 0 Å². The van der Waals surface area contributed by atoms with Gasteiger partial charge in [0.2, 0.25) is 5.88 Å². The van der Waals surface area contributed by atoms with Crippen LogP contribution in [0.2, 0.25) is 5.02 Å². The maximum atomic E-state index is 12.8. The standard InChI is InChI=1S/C23H17ClN2O2/c1-16-9-5-6-12-18(16)23(27)28-22-15-20(17-10-3-2-4-11-17)25-26(22)21-14-8-7-13-19(21)24/h2-15H,1H3. The zero-order valence-corrected chi connectivity index (χ0v) is 15.9. The van der Waals surface area contributed by atoms with E-state index < -0.39 is 5.97 Å². The first-order chi connectivity index (χ1) is 13.6. The summed E-state index contributed by atoms with van der Waals surface area (Å²) in [5.41, 5.74) is 3.60. The van der Waals surface area contributed by atoms with Crippen LogP contribution in [0.3, 0.4) is 0 Å². The molecule has 4 nitrogen and oxygen atoms in total. The third-order valence-electron chi connectivity index (χ3n) is 4.39. The molecule has 0 amide bonds. The van der Waals surface area contributed by atoms with Crippen molar-refractivity contribution in [2.75, 3.05) is 0 Å². The summed E-state index contributed by atoms with van der Waals surface area (Å²) in [7, 11) is 0. The summed E-state index contributed by atoms with van der Waals surface area (Å²) in [6, 6.07) is 26.1. The molecule has 0 N–H and O–H groups in total. The molecule has 0 bridgehead atoms. The third kappa shape index (κ3) is 3.55. The van der Waals surface area contributed by atoms with Crippen LogP contribution in [0.1, 0.15) is 15.9 Å². The van der Waals surface area contributed by atoms with E-state index in [9.17, 15) is 4.79 Å². The summed E-state index contributed by atoms with van der Waals surface area (Å²) in [5.74, 6) is -0.133. The fourth-order valence-corrected chi connectivity index (χ4v) is 3.15. The Kier molecular flexibility index (Phi) is 4.96. The number of halogens is 1. The fraction of sp³-hybridized carbons (Fsp3) is 0.0435. The summed E-state index contributed by atoms with van der Waals surface area (Å²) >= 11 is 6.36. The molecule has 0 unspecified atom stereocenters. The molecule has 0 radical (unpaired) electrons. The summed E-state index contributed by atoms with van der Waals surface area (Å²) in [6.07, 6.45) is 0. The normalized spacial score (nSPS) is 10.6. The molecule has 1 heterocycles. The highest BCUT2D eigenvalue weighted by Crippen LogP contribution is 2.30. The van der Waals surface area contributed by atoms with Gasteiger partial charge in [-0.1, -0.05) is 72.3 Å². The van der Waals surface area contributed by atoms with E-state index in [1.165, 1.54) is 0 Å². The molecule has 0 atom stereocenters. The second-order valence-electron chi connectivity index (χ2n) is 6.30. The predicted molar refractivity (Wildman–Crippen MR) is 110 cm³/mol. The Morgan fingerprint density at radius 3 is 2.36 bits per heavy atom. The lowest BCUT2D eigenvalue weighted by Crippen LogP contribution is -2.13. The van der Waals surface area contributed by atoms with E-state index in [2.05, 4.69) is 5.10 Å². The van der Waals surface area contributed by atoms with Crippen molar-refractivity contribution >= 4 is 17.6 Å². The van der Waals surface area contributed by atoms with Gasteiger partial charge in [-0.3, -0.25) is 0 Å². The molecule has 1 aromatic heterocycles. The molecule has 0 aliphatic rings. The molecule has 0 spiro atoms. The van der Waals surface area contributed by atoms with Crippen molar-refractivity contribution < 1.29 is 9.53 Å². The predicted octanol–water partition coefficient (Wildman–Crippen LogP) is 5.72. The van der Waals surface area contributed by atoms with Gasteiger partial charge in [-0.25, -0.2) is 4.79 Å². The van der Waals surface area contributed by atoms with E-state index in [4.69, 9.17) is 16.3 Å². The second-order valence-corrected chi connectivity index (χ2v) is 6.71. The molecule has 4 rings (SSSR count). The smallest absolute Gasteiger partial charge is 0.345 e. The molecule has 4 aromatic rings. The van der Waals surface area contributed by atoms with Crippen LogP contribution in [0.5, 0.6) is 5.88 Å². The van der Waals surface area contributed by atoms with Crippen LogP contribution in [0.4, 0.5) is 0 Å². The zero-order valence-electron chi connectivity index (χ0n) is 15.2. The van der Waals surface area contributed by atoms with Gasteiger partial charge < -0.3 is 4.74 Å². The van der Waals surface area contributed by atoms with Crippen molar-refractivity contribution in [3.63, 3.8) is 0 Å². The van der Waals surface area contributed by atoms with E-state index in [1.54, 1.807) is 22.9 Å². The van der Waals surface area contributed by atoms with Gasteiger partial charge in [0.15, 0.2) is 0 Å². The number of aryl methyl sites for hydroxylation is 1. The lowest BCUT2D eigenvalue weighted by Gasteiger charge is -2.10. The number of para-hydroxylation sites is 1. The SMILES string of the molecule is Cc1ccccc1C(=O)Oc1cc(-c2ccccc2)nn1-c1ccccc1Cl. The van der Waals surface area contributed by atoms with Gasteiger partial charge in [-0.05, 0) is 30.7 Å². The van der Waals surface area contributed by atoms with Crippen LogP contribution >= 0.6 is 11.6 Å². The number of benzene rings is 3. The molecular formula is C23H17ClN2O2. The van der Waals surface area contributed by atoms with Crippen LogP contribution in [0.25, 0.3) is 16.9 Å². The minimum Gasteiger partial charge on any atom is -0.404 e. The quantitative estimate of drug-likeness (QED) is 0.420. The van der Waals surface area contributed by atoms with Crippen molar-refractivity contribution in [3.8, 4) is 22.8 Å². The summed E-state index contributed by atoms with van der Waals surface area (Å²) in [6.45, 7) is 1.87. The highest BCUT2D eigenvalue weighted by molar-refractivity contribution is 6.32. The van der Waals surface area contributed by atoms with Gasteiger partial charge in [0, 0.05) is 11.6 Å². The Hall–Kier alpha value is -3.37. The molecule has 0 fully saturated rings. The van der Waals surface area contributed by atoms with Gasteiger partial charge in [-0.15, -0.1) is 0 Å². The number of ether oxygens (including phenoxy) is 1. The molecule has 0 aliphatic heterocycles. The third-order valence-corrected chi connectivity index (χ3v) is 4.71. The first-order valence-corrected chi connectivity index (χ1v) is 9.19. The Balaban J connectivity index is 1.79. The number of carbonyl (C=O) groups is 1. The van der Waals surface area contributed by atoms with E-state index in [-0.39, 0.29) is 0 Å². The number of aromatic nitrogens is 2. The van der Waals surface area contributed by atoms with Gasteiger partial charge in [-0.2, -0.15) is 9.78 Å². The lowest BCUT2D eigenvalue weighted by atomic mass is 10.1. The van der Waals surface area contributed by atoms with Crippen LogP contribution in [0.15, 0.2) is 84.9 Å². The first-order valence-electron chi connectivity index (χ1n) is 8.81. The van der Waals surface area contributed by atoms with Crippen molar-refractivity contribution in [3.05, 3.63) is 101 Å². The maximum absolute atomic E-state index is 12.8. The van der Waals surface area contributed by atoms with E-state index >= 15 is 0 Å². The second kappa shape index (κ2) is 7.71. The monoisotopic (exact) mass is 388 g/mol. The Morgan fingerprint density at radius 2 is 1.61 bits per heavy atom. The average Bonchev–Trinajstić information content (AvgIpc) is 3.13. The molecule has 28 heavy (non-hydrogen) atoms. The van der Waals surface area contributed by atoms with Crippen LogP contribution in [0, 0.1) is 6.92 Å². The number of nitrogens with zero attached hydrogens (tertiary/aromatic N) is 2. The van der Waals surface area contributed by atoms with Gasteiger partial charge in [0.1, 0.15) is 0 Å². The van der Waals surface area contributed by atoms with Crippen molar-refractivity contribution in [1.82, 2.24) is 9.78 Å². The van der Waals surface area contributed by atoms with Gasteiger partial charge in [0.25, 0.3) is 0 Å². The maximum Gasteiger partial charge on any atom is 0.345 e. The van der Waals surface area contributed by atoms with Gasteiger partial charge in [0.05, 0.1) is 22.0 Å². The van der Waals surface area contributed by atoms with Crippen molar-refractivity contribution in [1.29, 1.82) is 0 Å². The number of hydrogen-bond acceptors (Lipinski definition) is 3. The molecule has 0 aliphatic carbocycles. The molecule has 138 valence electrons. The molecule has 0 saturated carbocycles. The van der Waals surface area contributed by atoms with Crippen LogP contribution < -0.4 is 4.74 Å². The fourth-order valence-electron chi connectivity index (χ4n) is 2.93. The lowest BCUT2D eigenvalue weighted by molar-refractivity contribution is 0.0722. The highest BCUT2D eigenvalue weighted by atomic mass is 35.5. The summed E-state index contributed by atoms with van der Waals surface area (Å²) < 4.78 is 7.28. The number of esters is 1. The largest absolute Gasteiger partial charge is 0.404 e. The van der Waals surface area contributed by atoms with Crippen molar-refractivity contribution in [2.45, 2.75) is 6.92 Å². The number of hydrogen-bond donors (Lipinski definition) is 0. The zero-order chi connectivity index (χ0) is 19.5. The Labute approximate surface area is 168 Å². The minimum atomic E-state index is -0.439. The van der Waals surface area contributed by atoms with E-state index in [1.807, 2.05) is 73.7 Å². The van der Waals surface area contributed by atoms with Crippen LogP contribution in [-0.2, 0) is 0 Å².